The lowest BCUT2D eigenvalue weighted by molar-refractivity contribution is 0.0806. The first-order valence-electron chi connectivity index (χ1n) is 8.74. The van der Waals surface area contributed by atoms with Crippen LogP contribution < -0.4 is 4.74 Å². The normalized spacial score (nSPS) is 18.5. The highest BCUT2D eigenvalue weighted by Gasteiger charge is 2.25. The number of nitrogens with zero attached hydrogens (tertiary/aromatic N) is 2. The third kappa shape index (κ3) is 3.52. The van der Waals surface area contributed by atoms with Crippen LogP contribution in [0.2, 0.25) is 0 Å². The molecule has 1 aliphatic rings. The fourth-order valence-electron chi connectivity index (χ4n) is 3.29. The van der Waals surface area contributed by atoms with Crippen molar-refractivity contribution in [1.29, 1.82) is 0 Å². The molecule has 4 rings (SSSR count). The van der Waals surface area contributed by atoms with Crippen LogP contribution in [-0.2, 0) is 11.3 Å². The minimum Gasteiger partial charge on any atom is -0.491 e. The van der Waals surface area contributed by atoms with Gasteiger partial charge in [-0.05, 0) is 37.1 Å². The van der Waals surface area contributed by atoms with Crippen LogP contribution in [0.25, 0.3) is 11.0 Å². The Balaban J connectivity index is 1.54. The fourth-order valence-corrected chi connectivity index (χ4v) is 3.29. The van der Waals surface area contributed by atoms with E-state index in [0.29, 0.717) is 6.54 Å². The van der Waals surface area contributed by atoms with Crippen molar-refractivity contribution in [3.05, 3.63) is 60.4 Å². The molecule has 0 unspecified atom stereocenters. The molecule has 2 aromatic carbocycles. The second-order valence-corrected chi connectivity index (χ2v) is 6.35. The van der Waals surface area contributed by atoms with Gasteiger partial charge in [0.2, 0.25) is 0 Å². The van der Waals surface area contributed by atoms with Crippen molar-refractivity contribution in [2.75, 3.05) is 13.2 Å². The number of aliphatic hydroxyl groups excluding tert-OH is 1. The van der Waals surface area contributed by atoms with Crippen molar-refractivity contribution in [1.82, 2.24) is 9.55 Å². The van der Waals surface area contributed by atoms with Crippen LogP contribution in [-0.4, -0.2) is 34.0 Å². The van der Waals surface area contributed by atoms with E-state index in [1.54, 1.807) is 0 Å². The number of aliphatic hydroxyl groups is 1. The third-order valence-corrected chi connectivity index (χ3v) is 4.48. The van der Waals surface area contributed by atoms with Gasteiger partial charge in [-0.15, -0.1) is 0 Å². The zero-order valence-corrected chi connectivity index (χ0v) is 14.0. The predicted octanol–water partition coefficient (Wildman–Crippen LogP) is 3.33. The molecule has 130 valence electrons. The van der Waals surface area contributed by atoms with Crippen molar-refractivity contribution in [3.8, 4) is 5.75 Å². The van der Waals surface area contributed by atoms with Gasteiger partial charge in [0.15, 0.2) is 0 Å². The molecule has 25 heavy (non-hydrogen) atoms. The maximum absolute atomic E-state index is 10.5. The second-order valence-electron chi connectivity index (χ2n) is 6.35. The summed E-state index contributed by atoms with van der Waals surface area (Å²) >= 11 is 0. The topological polar surface area (TPSA) is 56.5 Å². The summed E-state index contributed by atoms with van der Waals surface area (Å²) in [5.74, 6) is 1.66. The molecule has 0 spiro atoms. The van der Waals surface area contributed by atoms with E-state index >= 15 is 0 Å². The Morgan fingerprint density at radius 3 is 2.76 bits per heavy atom. The minimum absolute atomic E-state index is 0.00893. The maximum atomic E-state index is 10.5. The summed E-state index contributed by atoms with van der Waals surface area (Å²) in [6.07, 6.45) is 1.40. The van der Waals surface area contributed by atoms with E-state index in [9.17, 15) is 5.11 Å². The molecular weight excluding hydrogens is 316 g/mol. The molecule has 1 fully saturated rings. The predicted molar refractivity (Wildman–Crippen MR) is 95.6 cm³/mol. The Labute approximate surface area is 146 Å². The highest BCUT2D eigenvalue weighted by molar-refractivity contribution is 5.76. The summed E-state index contributed by atoms with van der Waals surface area (Å²) in [4.78, 5) is 4.75. The SMILES string of the molecule is O[C@@H](COc1ccccc1)Cn1c([C@@H]2CCCO2)nc2ccccc21. The molecule has 1 saturated heterocycles. The number of aromatic nitrogens is 2. The van der Waals surface area contributed by atoms with Gasteiger partial charge in [0, 0.05) is 6.61 Å². The Bertz CT molecular complexity index is 825. The van der Waals surface area contributed by atoms with E-state index in [0.717, 1.165) is 42.1 Å². The second kappa shape index (κ2) is 7.25. The molecule has 1 N–H and O–H groups in total. The van der Waals surface area contributed by atoms with Crippen molar-refractivity contribution in [2.24, 2.45) is 0 Å². The van der Waals surface area contributed by atoms with E-state index in [4.69, 9.17) is 14.5 Å². The summed E-state index contributed by atoms with van der Waals surface area (Å²) in [6, 6.07) is 17.5. The van der Waals surface area contributed by atoms with Crippen LogP contribution in [0.1, 0.15) is 24.8 Å². The Morgan fingerprint density at radius 2 is 1.96 bits per heavy atom. The van der Waals surface area contributed by atoms with Crippen molar-refractivity contribution in [3.63, 3.8) is 0 Å². The number of rotatable bonds is 6. The van der Waals surface area contributed by atoms with E-state index in [-0.39, 0.29) is 12.7 Å². The smallest absolute Gasteiger partial charge is 0.139 e. The van der Waals surface area contributed by atoms with Gasteiger partial charge in [-0.25, -0.2) is 4.98 Å². The number of hydrogen-bond donors (Lipinski definition) is 1. The highest BCUT2D eigenvalue weighted by Crippen LogP contribution is 2.30. The molecule has 2 atom stereocenters. The Hall–Kier alpha value is -2.37. The van der Waals surface area contributed by atoms with Gasteiger partial charge in [-0.2, -0.15) is 0 Å². The number of ether oxygens (including phenoxy) is 2. The molecule has 2 heterocycles. The summed E-state index contributed by atoms with van der Waals surface area (Å²) < 4.78 is 13.6. The lowest BCUT2D eigenvalue weighted by Crippen LogP contribution is -2.25. The zero-order chi connectivity index (χ0) is 17.1. The van der Waals surface area contributed by atoms with E-state index in [2.05, 4.69) is 4.57 Å². The summed E-state index contributed by atoms with van der Waals surface area (Å²) in [5.41, 5.74) is 1.95. The molecule has 1 aromatic heterocycles. The number of fused-ring (bicyclic) bond motifs is 1. The monoisotopic (exact) mass is 338 g/mol. The highest BCUT2D eigenvalue weighted by atomic mass is 16.5. The first-order valence-corrected chi connectivity index (χ1v) is 8.74. The first kappa shape index (κ1) is 16.1. The largest absolute Gasteiger partial charge is 0.491 e. The van der Waals surface area contributed by atoms with Gasteiger partial charge in [0.05, 0.1) is 17.6 Å². The minimum atomic E-state index is -0.627. The summed E-state index contributed by atoms with van der Waals surface area (Å²) in [6.45, 7) is 1.44. The quantitative estimate of drug-likeness (QED) is 0.749. The molecule has 3 aromatic rings. The van der Waals surface area contributed by atoms with Crippen LogP contribution in [0, 0.1) is 0 Å². The fraction of sp³-hybridized carbons (Fsp3) is 0.350. The van der Waals surface area contributed by atoms with Crippen molar-refractivity contribution >= 4 is 11.0 Å². The molecule has 0 saturated carbocycles. The van der Waals surface area contributed by atoms with Gasteiger partial charge in [0.25, 0.3) is 0 Å². The average Bonchev–Trinajstić information content (AvgIpc) is 3.29. The molecular formula is C20H22N2O3. The van der Waals surface area contributed by atoms with Crippen LogP contribution >= 0.6 is 0 Å². The molecule has 5 heteroatoms. The van der Waals surface area contributed by atoms with Gasteiger partial charge in [-0.3, -0.25) is 0 Å². The molecule has 0 amide bonds. The number of para-hydroxylation sites is 3. The van der Waals surface area contributed by atoms with Crippen LogP contribution in [0.15, 0.2) is 54.6 Å². The van der Waals surface area contributed by atoms with Crippen molar-refractivity contribution in [2.45, 2.75) is 31.6 Å². The molecule has 0 radical (unpaired) electrons. The zero-order valence-electron chi connectivity index (χ0n) is 14.0. The van der Waals surface area contributed by atoms with Gasteiger partial charge in [0.1, 0.15) is 30.4 Å². The summed E-state index contributed by atoms with van der Waals surface area (Å²) in [5, 5.41) is 10.5. The van der Waals surface area contributed by atoms with Crippen LogP contribution in [0.5, 0.6) is 5.75 Å². The first-order chi connectivity index (χ1) is 12.3. The van der Waals surface area contributed by atoms with Crippen LogP contribution in [0.4, 0.5) is 0 Å². The number of imidazole rings is 1. The van der Waals surface area contributed by atoms with Gasteiger partial charge in [-0.1, -0.05) is 30.3 Å². The molecule has 0 bridgehead atoms. The van der Waals surface area contributed by atoms with E-state index < -0.39 is 6.10 Å². The third-order valence-electron chi connectivity index (χ3n) is 4.48. The lowest BCUT2D eigenvalue weighted by Gasteiger charge is -2.17. The Morgan fingerprint density at radius 1 is 1.16 bits per heavy atom. The standard InChI is InChI=1S/C20H22N2O3/c23-15(14-25-16-7-2-1-3-8-16)13-22-18-10-5-4-9-17(18)21-20(22)19-11-6-12-24-19/h1-5,7-10,15,19,23H,6,11-14H2/t15-,19+/m1/s1. The molecule has 0 aliphatic carbocycles. The van der Waals surface area contributed by atoms with E-state index in [1.165, 1.54) is 0 Å². The molecule has 1 aliphatic heterocycles. The van der Waals surface area contributed by atoms with Crippen molar-refractivity contribution < 1.29 is 14.6 Å². The van der Waals surface area contributed by atoms with Gasteiger partial charge < -0.3 is 19.1 Å². The Kier molecular flexibility index (Phi) is 4.68. The van der Waals surface area contributed by atoms with E-state index in [1.807, 2.05) is 54.6 Å². The summed E-state index contributed by atoms with van der Waals surface area (Å²) in [7, 11) is 0. The number of benzene rings is 2. The van der Waals surface area contributed by atoms with Gasteiger partial charge >= 0.3 is 0 Å². The molecule has 5 nitrogen and oxygen atoms in total. The van der Waals surface area contributed by atoms with Crippen LogP contribution in [0.3, 0.4) is 0 Å². The maximum Gasteiger partial charge on any atom is 0.139 e. The lowest BCUT2D eigenvalue weighted by atomic mass is 10.2. The number of hydrogen-bond acceptors (Lipinski definition) is 4. The average molecular weight is 338 g/mol.